The first kappa shape index (κ1) is 17.3. The molecule has 0 aliphatic carbocycles. The minimum absolute atomic E-state index is 0.126. The molecule has 0 aliphatic heterocycles. The smallest absolute Gasteiger partial charge is 0.275 e. The van der Waals surface area contributed by atoms with Crippen molar-refractivity contribution in [2.24, 2.45) is 0 Å². The zero-order chi connectivity index (χ0) is 18.4. The summed E-state index contributed by atoms with van der Waals surface area (Å²) >= 11 is 0. The van der Waals surface area contributed by atoms with Crippen LogP contribution in [-0.4, -0.2) is 28.5 Å². The molecule has 0 spiro atoms. The molecule has 0 saturated carbocycles. The SMILES string of the molecule is Cc1cc(NC(=O)c2cccc(C(=O)NCCc3ccccc3)n2)no1. The van der Waals surface area contributed by atoms with Crippen molar-refractivity contribution < 1.29 is 14.1 Å². The minimum atomic E-state index is -0.461. The van der Waals surface area contributed by atoms with Gasteiger partial charge >= 0.3 is 0 Å². The number of aryl methyl sites for hydroxylation is 1. The molecule has 0 aliphatic rings. The van der Waals surface area contributed by atoms with Crippen LogP contribution in [0.15, 0.2) is 59.1 Å². The summed E-state index contributed by atoms with van der Waals surface area (Å²) in [5, 5.41) is 9.07. The lowest BCUT2D eigenvalue weighted by molar-refractivity contribution is 0.0949. The van der Waals surface area contributed by atoms with Gasteiger partial charge < -0.3 is 15.2 Å². The van der Waals surface area contributed by atoms with Crippen molar-refractivity contribution >= 4 is 17.6 Å². The van der Waals surface area contributed by atoms with E-state index in [-0.39, 0.29) is 17.3 Å². The molecule has 0 bridgehead atoms. The molecule has 2 amide bonds. The van der Waals surface area contributed by atoms with Gasteiger partial charge in [-0.1, -0.05) is 41.6 Å². The Morgan fingerprint density at radius 2 is 1.73 bits per heavy atom. The van der Waals surface area contributed by atoms with E-state index in [1.54, 1.807) is 25.1 Å². The van der Waals surface area contributed by atoms with Crippen LogP contribution in [0.5, 0.6) is 0 Å². The Morgan fingerprint density at radius 3 is 2.42 bits per heavy atom. The van der Waals surface area contributed by atoms with E-state index in [0.29, 0.717) is 18.1 Å². The maximum Gasteiger partial charge on any atom is 0.275 e. The molecule has 26 heavy (non-hydrogen) atoms. The van der Waals surface area contributed by atoms with Gasteiger partial charge in [0.1, 0.15) is 17.1 Å². The molecule has 0 unspecified atom stereocenters. The Kier molecular flexibility index (Phi) is 5.38. The summed E-state index contributed by atoms with van der Waals surface area (Å²) in [6.07, 6.45) is 0.721. The van der Waals surface area contributed by atoms with Crippen molar-refractivity contribution in [1.29, 1.82) is 0 Å². The second kappa shape index (κ2) is 8.06. The van der Waals surface area contributed by atoms with Crippen molar-refractivity contribution in [2.45, 2.75) is 13.3 Å². The van der Waals surface area contributed by atoms with Gasteiger partial charge in [0, 0.05) is 12.6 Å². The van der Waals surface area contributed by atoms with E-state index in [2.05, 4.69) is 20.8 Å². The topological polar surface area (TPSA) is 97.1 Å². The van der Waals surface area contributed by atoms with E-state index in [9.17, 15) is 9.59 Å². The fraction of sp³-hybridized carbons (Fsp3) is 0.158. The summed E-state index contributed by atoms with van der Waals surface area (Å²) in [7, 11) is 0. The lowest BCUT2D eigenvalue weighted by Gasteiger charge is -2.06. The van der Waals surface area contributed by atoms with Gasteiger partial charge in [-0.2, -0.15) is 0 Å². The Bertz CT molecular complexity index is 906. The highest BCUT2D eigenvalue weighted by Crippen LogP contribution is 2.09. The third-order valence-electron chi connectivity index (χ3n) is 3.63. The molecular formula is C19H18N4O3. The predicted octanol–water partition coefficient (Wildman–Crippen LogP) is 2.60. The Morgan fingerprint density at radius 1 is 1.00 bits per heavy atom. The van der Waals surface area contributed by atoms with Crippen LogP contribution in [-0.2, 0) is 6.42 Å². The number of benzene rings is 1. The van der Waals surface area contributed by atoms with Gasteiger partial charge in [-0.25, -0.2) is 4.98 Å². The molecule has 7 heteroatoms. The van der Waals surface area contributed by atoms with Crippen LogP contribution < -0.4 is 10.6 Å². The van der Waals surface area contributed by atoms with Crippen molar-refractivity contribution in [3.8, 4) is 0 Å². The average molecular weight is 350 g/mol. The summed E-state index contributed by atoms with van der Waals surface area (Å²) < 4.78 is 4.89. The van der Waals surface area contributed by atoms with Crippen molar-refractivity contribution in [3.05, 3.63) is 77.3 Å². The number of rotatable bonds is 6. The third-order valence-corrected chi connectivity index (χ3v) is 3.63. The Hall–Kier alpha value is -3.48. The molecule has 3 aromatic rings. The molecule has 2 aromatic heterocycles. The normalized spacial score (nSPS) is 10.3. The van der Waals surface area contributed by atoms with Gasteiger partial charge in [0.25, 0.3) is 11.8 Å². The molecule has 2 N–H and O–H groups in total. The number of nitrogens with zero attached hydrogens (tertiary/aromatic N) is 2. The van der Waals surface area contributed by atoms with Crippen LogP contribution in [0.4, 0.5) is 5.82 Å². The van der Waals surface area contributed by atoms with Crippen molar-refractivity contribution in [3.63, 3.8) is 0 Å². The fourth-order valence-electron chi connectivity index (χ4n) is 2.35. The number of hydrogen-bond acceptors (Lipinski definition) is 5. The van der Waals surface area contributed by atoms with Crippen molar-refractivity contribution in [1.82, 2.24) is 15.5 Å². The van der Waals surface area contributed by atoms with Gasteiger partial charge in [0.05, 0.1) is 0 Å². The van der Waals surface area contributed by atoms with E-state index >= 15 is 0 Å². The van der Waals surface area contributed by atoms with Gasteiger partial charge in [-0.3, -0.25) is 9.59 Å². The van der Waals surface area contributed by atoms with E-state index in [1.807, 2.05) is 30.3 Å². The molecule has 0 radical (unpaired) electrons. The third kappa shape index (κ3) is 4.54. The molecule has 1 aromatic carbocycles. The van der Waals surface area contributed by atoms with Gasteiger partial charge in [0.2, 0.25) is 0 Å². The average Bonchev–Trinajstić information content (AvgIpc) is 3.07. The second-order valence-corrected chi connectivity index (χ2v) is 5.68. The standard InChI is InChI=1S/C19H18N4O3/c1-13-12-17(23-26-13)22-19(25)16-9-5-8-15(21-16)18(24)20-11-10-14-6-3-2-4-7-14/h2-9,12H,10-11H2,1H3,(H,20,24)(H,22,23,25). The number of pyridine rings is 1. The van der Waals surface area contributed by atoms with Crippen LogP contribution in [0.3, 0.4) is 0 Å². The van der Waals surface area contributed by atoms with Gasteiger partial charge in [-0.05, 0) is 31.0 Å². The number of aromatic nitrogens is 2. The van der Waals surface area contributed by atoms with E-state index in [0.717, 1.165) is 12.0 Å². The highest BCUT2D eigenvalue weighted by molar-refractivity contribution is 6.03. The van der Waals surface area contributed by atoms with Crippen LogP contribution in [0.1, 0.15) is 32.3 Å². The maximum absolute atomic E-state index is 12.2. The summed E-state index contributed by atoms with van der Waals surface area (Å²) in [4.78, 5) is 28.6. The van der Waals surface area contributed by atoms with Crippen LogP contribution >= 0.6 is 0 Å². The Labute approximate surface area is 150 Å². The first-order valence-corrected chi connectivity index (χ1v) is 8.15. The lowest BCUT2D eigenvalue weighted by Crippen LogP contribution is -2.27. The zero-order valence-electron chi connectivity index (χ0n) is 14.2. The highest BCUT2D eigenvalue weighted by atomic mass is 16.5. The number of amides is 2. The number of nitrogens with one attached hydrogen (secondary N) is 2. The number of anilines is 1. The summed E-state index contributed by atoms with van der Waals surface area (Å²) in [5.41, 5.74) is 1.44. The monoisotopic (exact) mass is 350 g/mol. The quantitative estimate of drug-likeness (QED) is 0.712. The van der Waals surface area contributed by atoms with Crippen LogP contribution in [0.25, 0.3) is 0 Å². The first-order valence-electron chi connectivity index (χ1n) is 8.15. The zero-order valence-corrected chi connectivity index (χ0v) is 14.2. The molecule has 7 nitrogen and oxygen atoms in total. The van der Waals surface area contributed by atoms with Crippen molar-refractivity contribution in [2.75, 3.05) is 11.9 Å². The summed E-state index contributed by atoms with van der Waals surface area (Å²) in [5.74, 6) is 0.0944. The molecule has 132 valence electrons. The summed E-state index contributed by atoms with van der Waals surface area (Å²) in [6, 6.07) is 16.2. The van der Waals surface area contributed by atoms with Crippen LogP contribution in [0, 0.1) is 6.92 Å². The molecule has 2 heterocycles. The number of carbonyl (C=O) groups excluding carboxylic acids is 2. The molecule has 3 rings (SSSR count). The predicted molar refractivity (Wildman–Crippen MR) is 95.9 cm³/mol. The summed E-state index contributed by atoms with van der Waals surface area (Å²) in [6.45, 7) is 2.21. The van der Waals surface area contributed by atoms with Gasteiger partial charge in [0.15, 0.2) is 5.82 Å². The molecule has 0 atom stereocenters. The maximum atomic E-state index is 12.2. The van der Waals surface area contributed by atoms with E-state index < -0.39 is 5.91 Å². The largest absolute Gasteiger partial charge is 0.360 e. The van der Waals surface area contributed by atoms with E-state index in [1.165, 1.54) is 6.07 Å². The number of carbonyl (C=O) groups is 2. The Balaban J connectivity index is 1.59. The minimum Gasteiger partial charge on any atom is -0.360 e. The lowest BCUT2D eigenvalue weighted by atomic mass is 10.1. The fourth-order valence-corrected chi connectivity index (χ4v) is 2.35. The van der Waals surface area contributed by atoms with Crippen LogP contribution in [0.2, 0.25) is 0 Å². The molecular weight excluding hydrogens is 332 g/mol. The number of hydrogen-bond donors (Lipinski definition) is 2. The van der Waals surface area contributed by atoms with E-state index in [4.69, 9.17) is 4.52 Å². The molecule has 0 saturated heterocycles. The second-order valence-electron chi connectivity index (χ2n) is 5.68. The molecule has 0 fully saturated rings. The first-order chi connectivity index (χ1) is 12.6. The highest BCUT2D eigenvalue weighted by Gasteiger charge is 2.13. The van der Waals surface area contributed by atoms with Gasteiger partial charge in [-0.15, -0.1) is 0 Å².